The van der Waals surface area contributed by atoms with Gasteiger partial charge in [0.1, 0.15) is 0 Å². The number of rotatable bonds is 4. The van der Waals surface area contributed by atoms with Gasteiger partial charge < -0.3 is 9.88 Å². The van der Waals surface area contributed by atoms with E-state index in [0.29, 0.717) is 18.7 Å². The molecule has 0 saturated heterocycles. The van der Waals surface area contributed by atoms with E-state index in [1.807, 2.05) is 38.1 Å². The number of aromatic amines is 1. The predicted octanol–water partition coefficient (Wildman–Crippen LogP) is 2.60. The van der Waals surface area contributed by atoms with Crippen molar-refractivity contribution in [2.75, 3.05) is 6.54 Å². The van der Waals surface area contributed by atoms with Crippen LogP contribution < -0.4 is 5.56 Å². The van der Waals surface area contributed by atoms with Crippen molar-refractivity contribution in [2.24, 2.45) is 0 Å². The van der Waals surface area contributed by atoms with Crippen LogP contribution in [-0.2, 0) is 11.3 Å². The number of nitrogens with one attached hydrogen (secondary N) is 1. The van der Waals surface area contributed by atoms with Gasteiger partial charge in [0.05, 0.1) is 6.54 Å². The van der Waals surface area contributed by atoms with Gasteiger partial charge in [0.15, 0.2) is 0 Å². The second kappa shape index (κ2) is 5.90. The highest BCUT2D eigenvalue weighted by molar-refractivity contribution is 5.79. The second-order valence-electron chi connectivity index (χ2n) is 5.15. The fraction of sp³-hybridized carbons (Fsp3) is 0.375. The zero-order valence-electron chi connectivity index (χ0n) is 12.2. The Kier molecular flexibility index (Phi) is 4.23. The summed E-state index contributed by atoms with van der Waals surface area (Å²) in [6.07, 6.45) is 0.879. The molecule has 106 valence electrons. The van der Waals surface area contributed by atoms with E-state index in [1.54, 1.807) is 4.90 Å². The van der Waals surface area contributed by atoms with Crippen LogP contribution in [0.5, 0.6) is 0 Å². The Hall–Kier alpha value is -2.10. The van der Waals surface area contributed by atoms with E-state index in [-0.39, 0.29) is 11.5 Å². The first-order chi connectivity index (χ1) is 9.51. The topological polar surface area (TPSA) is 53.2 Å². The van der Waals surface area contributed by atoms with Crippen molar-refractivity contribution in [3.63, 3.8) is 0 Å². The molecular formula is C16H20N2O2. The molecule has 0 bridgehead atoms. The van der Waals surface area contributed by atoms with Gasteiger partial charge in [-0.05, 0) is 36.4 Å². The molecule has 0 atom stereocenters. The normalized spacial score (nSPS) is 10.8. The molecule has 0 aliphatic heterocycles. The molecule has 2 rings (SSSR count). The number of benzene rings is 1. The number of pyridine rings is 1. The summed E-state index contributed by atoms with van der Waals surface area (Å²) in [7, 11) is 0. The lowest BCUT2D eigenvalue weighted by Gasteiger charge is -2.20. The molecule has 2 aromatic rings. The number of aromatic nitrogens is 1. The van der Waals surface area contributed by atoms with Crippen molar-refractivity contribution in [1.29, 1.82) is 0 Å². The Bertz CT molecular complexity index is 688. The molecule has 0 fully saturated rings. The standard InChI is InChI=1S/C16H20N2O2/c1-4-7-18(12(3)19)10-14-9-13-6-5-11(2)8-15(13)17-16(14)20/h5-6,8-9H,4,7,10H2,1-3H3,(H,17,20). The van der Waals surface area contributed by atoms with Crippen molar-refractivity contribution in [2.45, 2.75) is 33.7 Å². The Balaban J connectivity index is 2.39. The Labute approximate surface area is 118 Å². The highest BCUT2D eigenvalue weighted by Gasteiger charge is 2.11. The second-order valence-corrected chi connectivity index (χ2v) is 5.15. The van der Waals surface area contributed by atoms with E-state index in [4.69, 9.17) is 0 Å². The van der Waals surface area contributed by atoms with Gasteiger partial charge in [-0.2, -0.15) is 0 Å². The number of fused-ring (bicyclic) bond motifs is 1. The summed E-state index contributed by atoms with van der Waals surface area (Å²) in [4.78, 5) is 28.3. The maximum absolute atomic E-state index is 12.1. The van der Waals surface area contributed by atoms with Gasteiger partial charge in [0.2, 0.25) is 5.91 Å². The molecule has 4 nitrogen and oxygen atoms in total. The van der Waals surface area contributed by atoms with E-state index < -0.39 is 0 Å². The summed E-state index contributed by atoms with van der Waals surface area (Å²) in [6.45, 7) is 6.57. The largest absolute Gasteiger partial charge is 0.338 e. The summed E-state index contributed by atoms with van der Waals surface area (Å²) in [5.41, 5.74) is 2.45. The van der Waals surface area contributed by atoms with Crippen molar-refractivity contribution in [3.8, 4) is 0 Å². The molecule has 0 spiro atoms. The SMILES string of the molecule is CCCN(Cc1cc2ccc(C)cc2[nH]c1=O)C(C)=O. The number of H-pyrrole nitrogens is 1. The van der Waals surface area contributed by atoms with E-state index in [0.717, 1.165) is 22.9 Å². The molecule has 0 unspecified atom stereocenters. The lowest BCUT2D eigenvalue weighted by Crippen LogP contribution is -2.31. The molecule has 1 aromatic heterocycles. The van der Waals surface area contributed by atoms with Gasteiger partial charge in [0.25, 0.3) is 5.56 Å². The molecule has 1 heterocycles. The minimum Gasteiger partial charge on any atom is -0.338 e. The molecule has 4 heteroatoms. The quantitative estimate of drug-likeness (QED) is 0.930. The van der Waals surface area contributed by atoms with Gasteiger partial charge in [-0.3, -0.25) is 9.59 Å². The van der Waals surface area contributed by atoms with E-state index in [2.05, 4.69) is 4.98 Å². The predicted molar refractivity (Wildman–Crippen MR) is 80.7 cm³/mol. The molecular weight excluding hydrogens is 252 g/mol. The van der Waals surface area contributed by atoms with Crippen molar-refractivity contribution in [3.05, 3.63) is 45.7 Å². The molecule has 1 amide bonds. The Morgan fingerprint density at radius 2 is 2.05 bits per heavy atom. The van der Waals surface area contributed by atoms with Gasteiger partial charge in [-0.25, -0.2) is 0 Å². The van der Waals surface area contributed by atoms with Crippen LogP contribution in [0, 0.1) is 6.92 Å². The van der Waals surface area contributed by atoms with Crippen molar-refractivity contribution < 1.29 is 4.79 Å². The van der Waals surface area contributed by atoms with Crippen LogP contribution in [0.25, 0.3) is 10.9 Å². The number of nitrogens with zero attached hydrogens (tertiary/aromatic N) is 1. The third-order valence-corrected chi connectivity index (χ3v) is 3.38. The summed E-state index contributed by atoms with van der Waals surface area (Å²) in [6, 6.07) is 7.83. The highest BCUT2D eigenvalue weighted by atomic mass is 16.2. The summed E-state index contributed by atoms with van der Waals surface area (Å²) < 4.78 is 0. The number of aryl methyl sites for hydroxylation is 1. The van der Waals surface area contributed by atoms with Crippen LogP contribution in [0.3, 0.4) is 0 Å². The molecule has 0 aliphatic carbocycles. The average Bonchev–Trinajstić information content (AvgIpc) is 2.39. The van der Waals surface area contributed by atoms with Crippen molar-refractivity contribution >= 4 is 16.8 Å². The van der Waals surface area contributed by atoms with E-state index >= 15 is 0 Å². The Morgan fingerprint density at radius 1 is 1.30 bits per heavy atom. The maximum atomic E-state index is 12.1. The maximum Gasteiger partial charge on any atom is 0.253 e. The zero-order valence-corrected chi connectivity index (χ0v) is 12.2. The Morgan fingerprint density at radius 3 is 2.70 bits per heavy atom. The summed E-state index contributed by atoms with van der Waals surface area (Å²) >= 11 is 0. The molecule has 0 saturated carbocycles. The fourth-order valence-electron chi connectivity index (χ4n) is 2.30. The van der Waals surface area contributed by atoms with E-state index in [1.165, 1.54) is 6.92 Å². The zero-order chi connectivity index (χ0) is 14.7. The third-order valence-electron chi connectivity index (χ3n) is 3.38. The number of carbonyl (C=O) groups is 1. The number of carbonyl (C=O) groups excluding carboxylic acids is 1. The lowest BCUT2D eigenvalue weighted by molar-refractivity contribution is -0.129. The van der Waals surface area contributed by atoms with Gasteiger partial charge >= 0.3 is 0 Å². The first-order valence-corrected chi connectivity index (χ1v) is 6.89. The summed E-state index contributed by atoms with van der Waals surface area (Å²) in [5.74, 6) is -0.00440. The number of hydrogen-bond acceptors (Lipinski definition) is 2. The average molecular weight is 272 g/mol. The van der Waals surface area contributed by atoms with Crippen LogP contribution in [0.15, 0.2) is 29.1 Å². The molecule has 1 aromatic carbocycles. The van der Waals surface area contributed by atoms with Crippen LogP contribution in [-0.4, -0.2) is 22.3 Å². The number of hydrogen-bond donors (Lipinski definition) is 1. The molecule has 20 heavy (non-hydrogen) atoms. The van der Waals surface area contributed by atoms with Gasteiger partial charge in [0, 0.05) is 24.5 Å². The minimum atomic E-state index is -0.120. The van der Waals surface area contributed by atoms with Crippen LogP contribution in [0.2, 0.25) is 0 Å². The van der Waals surface area contributed by atoms with Gasteiger partial charge in [-0.1, -0.05) is 19.1 Å². The minimum absolute atomic E-state index is 0.00440. The monoisotopic (exact) mass is 272 g/mol. The third kappa shape index (κ3) is 3.07. The molecule has 0 radical (unpaired) electrons. The first-order valence-electron chi connectivity index (χ1n) is 6.89. The van der Waals surface area contributed by atoms with Crippen LogP contribution >= 0.6 is 0 Å². The molecule has 1 N–H and O–H groups in total. The van der Waals surface area contributed by atoms with Crippen molar-refractivity contribution in [1.82, 2.24) is 9.88 Å². The van der Waals surface area contributed by atoms with Crippen LogP contribution in [0.4, 0.5) is 0 Å². The summed E-state index contributed by atoms with van der Waals surface area (Å²) in [5, 5.41) is 0.991. The van der Waals surface area contributed by atoms with Gasteiger partial charge in [-0.15, -0.1) is 0 Å². The van der Waals surface area contributed by atoms with Crippen LogP contribution in [0.1, 0.15) is 31.4 Å². The van der Waals surface area contributed by atoms with E-state index in [9.17, 15) is 9.59 Å². The fourth-order valence-corrected chi connectivity index (χ4v) is 2.30. The lowest BCUT2D eigenvalue weighted by atomic mass is 10.1. The smallest absolute Gasteiger partial charge is 0.253 e. The highest BCUT2D eigenvalue weighted by Crippen LogP contribution is 2.14. The molecule has 0 aliphatic rings. The first kappa shape index (κ1) is 14.3. The number of amides is 1.